The maximum absolute atomic E-state index is 11.8. The summed E-state index contributed by atoms with van der Waals surface area (Å²) in [7, 11) is 1.58. The van der Waals surface area contributed by atoms with Crippen LogP contribution in [0, 0.1) is 0 Å². The van der Waals surface area contributed by atoms with E-state index in [1.54, 1.807) is 13.2 Å². The van der Waals surface area contributed by atoms with E-state index in [1.807, 2.05) is 12.1 Å². The van der Waals surface area contributed by atoms with Crippen molar-refractivity contribution in [2.24, 2.45) is 5.73 Å². The van der Waals surface area contributed by atoms with Crippen molar-refractivity contribution in [2.75, 3.05) is 20.3 Å². The first-order chi connectivity index (χ1) is 8.54. The van der Waals surface area contributed by atoms with Crippen LogP contribution in [0.3, 0.4) is 0 Å². The molecule has 0 radical (unpaired) electrons. The van der Waals surface area contributed by atoms with E-state index in [-0.39, 0.29) is 12.6 Å². The molecule has 102 valence electrons. The second-order valence-electron chi connectivity index (χ2n) is 3.76. The topological polar surface area (TPSA) is 44.5 Å². The van der Waals surface area contributed by atoms with E-state index >= 15 is 0 Å². The number of hydrogen-bond acceptors (Lipinski definition) is 3. The lowest BCUT2D eigenvalue weighted by molar-refractivity contribution is 0.0152. The smallest absolute Gasteiger partial charge is 0.261 e. The molecule has 1 unspecified atom stereocenters. The third-order valence-corrected chi connectivity index (χ3v) is 3.04. The molecule has 0 aliphatic carbocycles. The maximum Gasteiger partial charge on any atom is 0.261 e. The van der Waals surface area contributed by atoms with Crippen LogP contribution in [0.1, 0.15) is 18.0 Å². The number of halogens is 3. The third-order valence-electron chi connectivity index (χ3n) is 2.42. The zero-order chi connectivity index (χ0) is 13.5. The van der Waals surface area contributed by atoms with Crippen molar-refractivity contribution in [3.63, 3.8) is 0 Å². The largest absolute Gasteiger partial charge is 0.496 e. The minimum atomic E-state index is -2.43. The molecule has 0 aromatic heterocycles. The van der Waals surface area contributed by atoms with Crippen LogP contribution in [0.2, 0.25) is 0 Å². The number of ether oxygens (including phenoxy) is 2. The Labute approximate surface area is 113 Å². The van der Waals surface area contributed by atoms with Crippen LogP contribution in [0.25, 0.3) is 0 Å². The summed E-state index contributed by atoms with van der Waals surface area (Å²) >= 11 is 3.37. The molecule has 0 bridgehead atoms. The highest BCUT2D eigenvalue weighted by molar-refractivity contribution is 9.10. The van der Waals surface area contributed by atoms with Gasteiger partial charge in [-0.3, -0.25) is 0 Å². The van der Waals surface area contributed by atoms with Crippen molar-refractivity contribution >= 4 is 15.9 Å². The van der Waals surface area contributed by atoms with Gasteiger partial charge in [0.1, 0.15) is 12.4 Å². The van der Waals surface area contributed by atoms with Crippen molar-refractivity contribution in [1.82, 2.24) is 0 Å². The van der Waals surface area contributed by atoms with Gasteiger partial charge in [-0.15, -0.1) is 0 Å². The van der Waals surface area contributed by atoms with Gasteiger partial charge in [0.15, 0.2) is 0 Å². The van der Waals surface area contributed by atoms with E-state index in [4.69, 9.17) is 15.2 Å². The lowest BCUT2D eigenvalue weighted by atomic mass is 10.1. The number of benzene rings is 1. The van der Waals surface area contributed by atoms with Crippen molar-refractivity contribution in [3.05, 3.63) is 28.2 Å². The molecule has 1 aromatic rings. The van der Waals surface area contributed by atoms with Crippen molar-refractivity contribution in [1.29, 1.82) is 0 Å². The molecule has 0 saturated carbocycles. The molecule has 0 fully saturated rings. The van der Waals surface area contributed by atoms with E-state index in [0.29, 0.717) is 6.42 Å². The highest BCUT2D eigenvalue weighted by Gasteiger charge is 2.09. The number of nitrogens with two attached hydrogens (primary N) is 1. The standard InChI is InChI=1S/C12H16BrF2NO2/c1-17-11-3-2-8(6-9(11)13)10(16)4-5-18-7-12(14)15/h2-3,6,10,12H,4-5,7,16H2,1H3. The average molecular weight is 324 g/mol. The zero-order valence-corrected chi connectivity index (χ0v) is 11.6. The number of methoxy groups -OCH3 is 1. The summed E-state index contributed by atoms with van der Waals surface area (Å²) in [5.74, 6) is 0.722. The van der Waals surface area contributed by atoms with Crippen LogP contribution in [0.15, 0.2) is 22.7 Å². The minimum Gasteiger partial charge on any atom is -0.496 e. The predicted octanol–water partition coefficient (Wildman–Crippen LogP) is 3.13. The lowest BCUT2D eigenvalue weighted by Crippen LogP contribution is -2.14. The fourth-order valence-electron chi connectivity index (χ4n) is 1.46. The van der Waals surface area contributed by atoms with Crippen LogP contribution >= 0.6 is 15.9 Å². The number of alkyl halides is 2. The highest BCUT2D eigenvalue weighted by atomic mass is 79.9. The van der Waals surface area contributed by atoms with Gasteiger partial charge in [0.2, 0.25) is 0 Å². The number of hydrogen-bond donors (Lipinski definition) is 1. The molecule has 0 amide bonds. The second-order valence-corrected chi connectivity index (χ2v) is 4.61. The van der Waals surface area contributed by atoms with Crippen LogP contribution in [0.4, 0.5) is 8.78 Å². The Kier molecular flexibility index (Phi) is 6.52. The zero-order valence-electron chi connectivity index (χ0n) is 10.0. The van der Waals surface area contributed by atoms with Crippen LogP contribution < -0.4 is 10.5 Å². The summed E-state index contributed by atoms with van der Waals surface area (Å²) in [5.41, 5.74) is 6.85. The normalized spacial score (nSPS) is 12.8. The van der Waals surface area contributed by atoms with Gasteiger partial charge in [0.05, 0.1) is 11.6 Å². The molecule has 0 saturated heterocycles. The van der Waals surface area contributed by atoms with Crippen LogP contribution in [-0.4, -0.2) is 26.7 Å². The van der Waals surface area contributed by atoms with Crippen molar-refractivity contribution in [3.8, 4) is 5.75 Å². The molecule has 1 aromatic carbocycles. The van der Waals surface area contributed by atoms with Gasteiger partial charge in [0.25, 0.3) is 6.43 Å². The average Bonchev–Trinajstić information content (AvgIpc) is 2.34. The predicted molar refractivity (Wildman–Crippen MR) is 69.1 cm³/mol. The Balaban J connectivity index is 2.46. The summed E-state index contributed by atoms with van der Waals surface area (Å²) < 4.78 is 34.4. The van der Waals surface area contributed by atoms with Gasteiger partial charge in [-0.05, 0) is 40.0 Å². The monoisotopic (exact) mass is 323 g/mol. The molecular formula is C12H16BrF2NO2. The first-order valence-corrected chi connectivity index (χ1v) is 6.28. The van der Waals surface area contributed by atoms with E-state index in [1.165, 1.54) is 0 Å². The molecule has 0 aliphatic heterocycles. The van der Waals surface area contributed by atoms with Crippen molar-refractivity contribution < 1.29 is 18.3 Å². The molecule has 1 atom stereocenters. The van der Waals surface area contributed by atoms with Gasteiger partial charge >= 0.3 is 0 Å². The Morgan fingerprint density at radius 3 is 2.67 bits per heavy atom. The molecule has 18 heavy (non-hydrogen) atoms. The Morgan fingerprint density at radius 1 is 1.39 bits per heavy atom. The van der Waals surface area contributed by atoms with Crippen LogP contribution in [0.5, 0.6) is 5.75 Å². The van der Waals surface area contributed by atoms with Gasteiger partial charge in [-0.2, -0.15) is 0 Å². The summed E-state index contributed by atoms with van der Waals surface area (Å²) in [4.78, 5) is 0. The maximum atomic E-state index is 11.8. The molecular weight excluding hydrogens is 308 g/mol. The van der Waals surface area contributed by atoms with E-state index in [0.717, 1.165) is 15.8 Å². The van der Waals surface area contributed by atoms with Crippen LogP contribution in [-0.2, 0) is 4.74 Å². The van der Waals surface area contributed by atoms with Gasteiger partial charge < -0.3 is 15.2 Å². The first-order valence-electron chi connectivity index (χ1n) is 5.49. The molecule has 6 heteroatoms. The minimum absolute atomic E-state index is 0.217. The van der Waals surface area contributed by atoms with E-state index < -0.39 is 13.0 Å². The SMILES string of the molecule is COc1ccc(C(N)CCOCC(F)F)cc1Br. The fraction of sp³-hybridized carbons (Fsp3) is 0.500. The molecule has 1 rings (SSSR count). The highest BCUT2D eigenvalue weighted by Crippen LogP contribution is 2.28. The van der Waals surface area contributed by atoms with E-state index in [9.17, 15) is 8.78 Å². The fourth-order valence-corrected chi connectivity index (χ4v) is 2.02. The summed E-state index contributed by atoms with van der Waals surface area (Å²) in [5, 5.41) is 0. The Hall–Kier alpha value is -0.720. The van der Waals surface area contributed by atoms with E-state index in [2.05, 4.69) is 15.9 Å². The quantitative estimate of drug-likeness (QED) is 0.784. The summed E-state index contributed by atoms with van der Waals surface area (Å²) in [6.07, 6.45) is -1.94. The molecule has 0 aliphatic rings. The molecule has 2 N–H and O–H groups in total. The molecule has 0 spiro atoms. The summed E-state index contributed by atoms with van der Waals surface area (Å²) in [6.45, 7) is -0.325. The lowest BCUT2D eigenvalue weighted by Gasteiger charge is -2.13. The first kappa shape index (κ1) is 15.3. The second kappa shape index (κ2) is 7.66. The summed E-state index contributed by atoms with van der Waals surface area (Å²) in [6, 6.07) is 5.27. The molecule has 0 heterocycles. The van der Waals surface area contributed by atoms with Gasteiger partial charge in [-0.1, -0.05) is 6.07 Å². The number of rotatable bonds is 7. The van der Waals surface area contributed by atoms with Gasteiger partial charge in [-0.25, -0.2) is 8.78 Å². The Bertz CT molecular complexity index is 377. The Morgan fingerprint density at radius 2 is 2.11 bits per heavy atom. The van der Waals surface area contributed by atoms with Crippen molar-refractivity contribution in [2.45, 2.75) is 18.9 Å². The molecule has 3 nitrogen and oxygen atoms in total. The van der Waals surface area contributed by atoms with Gasteiger partial charge in [0, 0.05) is 12.6 Å². The third kappa shape index (κ3) is 4.88.